The lowest BCUT2D eigenvalue weighted by molar-refractivity contribution is 0.0859. The van der Waals surface area contributed by atoms with Gasteiger partial charge in [-0.2, -0.15) is 0 Å². The van der Waals surface area contributed by atoms with Gasteiger partial charge in [0.1, 0.15) is 4.34 Å². The lowest BCUT2D eigenvalue weighted by Crippen LogP contribution is -2.20. The van der Waals surface area contributed by atoms with Crippen LogP contribution in [-0.2, 0) is 0 Å². The van der Waals surface area contributed by atoms with E-state index in [1.165, 1.54) is 17.8 Å². The fraction of sp³-hybridized carbons (Fsp3) is 0.444. The van der Waals surface area contributed by atoms with Crippen molar-refractivity contribution in [1.29, 1.82) is 0 Å². The van der Waals surface area contributed by atoms with Crippen LogP contribution in [0.4, 0.5) is 0 Å². The second kappa shape index (κ2) is 3.60. The molecule has 0 spiro atoms. The van der Waals surface area contributed by atoms with Crippen LogP contribution in [0.25, 0.3) is 0 Å². The van der Waals surface area contributed by atoms with E-state index in [4.69, 9.17) is 23.2 Å². The summed E-state index contributed by atoms with van der Waals surface area (Å²) < 4.78 is 0.518. The number of hydrogen-bond acceptors (Lipinski definition) is 2. The number of carbonyl (C=O) groups excluding carboxylic acids is 1. The monoisotopic (exact) mass is 234 g/mol. The summed E-state index contributed by atoms with van der Waals surface area (Å²) in [5, 5.41) is 0.495. The number of Topliss-reactive ketones (excluding diaryl/α,β-unsaturated/α-hetero) is 1. The predicted octanol–water partition coefficient (Wildman–Crippen LogP) is 4.04. The normalized spacial score (nSPS) is 17.1. The third kappa shape index (κ3) is 1.76. The molecule has 0 unspecified atom stereocenters. The molecule has 70 valence electrons. The second-order valence-corrected chi connectivity index (χ2v) is 5.29. The third-order valence-electron chi connectivity index (χ3n) is 2.36. The molecule has 1 aliphatic carbocycles. The Bertz CT molecular complexity index is 322. The SMILES string of the molecule is O=C(c1cc(Cl)c(Cl)s1)C1CCC1. The number of thiophene rings is 1. The van der Waals surface area contributed by atoms with Gasteiger partial charge in [-0.3, -0.25) is 4.79 Å². The topological polar surface area (TPSA) is 17.1 Å². The van der Waals surface area contributed by atoms with Gasteiger partial charge in [-0.1, -0.05) is 29.6 Å². The van der Waals surface area contributed by atoms with E-state index < -0.39 is 0 Å². The van der Waals surface area contributed by atoms with Gasteiger partial charge in [-0.05, 0) is 18.9 Å². The van der Waals surface area contributed by atoms with Crippen molar-refractivity contribution >= 4 is 40.3 Å². The summed E-state index contributed by atoms with van der Waals surface area (Å²) in [4.78, 5) is 12.4. The molecule has 1 nitrogen and oxygen atoms in total. The lowest BCUT2D eigenvalue weighted by Gasteiger charge is -2.22. The van der Waals surface area contributed by atoms with Crippen LogP contribution in [0, 0.1) is 5.92 Å². The van der Waals surface area contributed by atoms with Gasteiger partial charge in [0.15, 0.2) is 5.78 Å². The van der Waals surface area contributed by atoms with E-state index in [2.05, 4.69) is 0 Å². The molecule has 1 fully saturated rings. The first kappa shape index (κ1) is 9.50. The number of halogens is 2. The molecule has 0 amide bonds. The summed E-state index contributed by atoms with van der Waals surface area (Å²) in [6.07, 6.45) is 3.21. The van der Waals surface area contributed by atoms with Crippen LogP contribution < -0.4 is 0 Å². The fourth-order valence-corrected chi connectivity index (χ4v) is 2.73. The summed E-state index contributed by atoms with van der Waals surface area (Å²) in [7, 11) is 0. The van der Waals surface area contributed by atoms with Gasteiger partial charge in [0.2, 0.25) is 0 Å². The number of rotatable bonds is 2. The summed E-state index contributed by atoms with van der Waals surface area (Å²) in [6.45, 7) is 0. The molecule has 1 aromatic rings. The largest absolute Gasteiger partial charge is 0.293 e. The van der Waals surface area contributed by atoms with Crippen molar-refractivity contribution in [3.05, 3.63) is 20.3 Å². The Labute approximate surface area is 90.7 Å². The highest BCUT2D eigenvalue weighted by molar-refractivity contribution is 7.18. The molecular formula is C9H8Cl2OS. The lowest BCUT2D eigenvalue weighted by atomic mass is 9.82. The molecule has 1 aromatic heterocycles. The van der Waals surface area contributed by atoms with Gasteiger partial charge in [-0.25, -0.2) is 0 Å². The van der Waals surface area contributed by atoms with Gasteiger partial charge in [0, 0.05) is 5.92 Å². The van der Waals surface area contributed by atoms with Crippen molar-refractivity contribution in [2.45, 2.75) is 19.3 Å². The van der Waals surface area contributed by atoms with Crippen molar-refractivity contribution in [2.75, 3.05) is 0 Å². The number of hydrogen-bond donors (Lipinski definition) is 0. The Balaban J connectivity index is 2.19. The summed E-state index contributed by atoms with van der Waals surface area (Å²) in [5.41, 5.74) is 0. The molecule has 1 heterocycles. The molecule has 0 N–H and O–H groups in total. The van der Waals surface area contributed by atoms with Crippen molar-refractivity contribution in [2.24, 2.45) is 5.92 Å². The summed E-state index contributed by atoms with van der Waals surface area (Å²) >= 11 is 12.8. The van der Waals surface area contributed by atoms with Crippen molar-refractivity contribution in [3.63, 3.8) is 0 Å². The smallest absolute Gasteiger partial charge is 0.175 e. The standard InChI is InChI=1S/C9H8Cl2OS/c10-6-4-7(13-9(6)11)8(12)5-2-1-3-5/h4-5H,1-3H2. The van der Waals surface area contributed by atoms with E-state index in [0.29, 0.717) is 14.2 Å². The second-order valence-electron chi connectivity index (χ2n) is 3.22. The van der Waals surface area contributed by atoms with E-state index in [1.807, 2.05) is 0 Å². The van der Waals surface area contributed by atoms with Crippen LogP contribution in [0.5, 0.6) is 0 Å². The first-order valence-electron chi connectivity index (χ1n) is 4.17. The van der Waals surface area contributed by atoms with Crippen LogP contribution in [0.1, 0.15) is 28.9 Å². The molecule has 2 rings (SSSR count). The zero-order chi connectivity index (χ0) is 9.42. The third-order valence-corrected chi connectivity index (χ3v) is 4.24. The first-order valence-corrected chi connectivity index (χ1v) is 5.75. The van der Waals surface area contributed by atoms with Gasteiger partial charge in [0.05, 0.1) is 9.90 Å². The highest BCUT2D eigenvalue weighted by Crippen LogP contribution is 2.36. The van der Waals surface area contributed by atoms with Crippen LogP contribution in [0.2, 0.25) is 9.36 Å². The van der Waals surface area contributed by atoms with Crippen LogP contribution in [-0.4, -0.2) is 5.78 Å². The fourth-order valence-electron chi connectivity index (χ4n) is 1.34. The maximum absolute atomic E-state index is 11.7. The van der Waals surface area contributed by atoms with Crippen LogP contribution in [0.15, 0.2) is 6.07 Å². The van der Waals surface area contributed by atoms with E-state index in [1.54, 1.807) is 6.07 Å². The highest BCUT2D eigenvalue weighted by Gasteiger charge is 2.27. The highest BCUT2D eigenvalue weighted by atomic mass is 35.5. The average molecular weight is 235 g/mol. The Morgan fingerprint density at radius 1 is 1.46 bits per heavy atom. The first-order chi connectivity index (χ1) is 6.18. The Morgan fingerprint density at radius 2 is 2.15 bits per heavy atom. The Kier molecular flexibility index (Phi) is 2.63. The molecule has 1 saturated carbocycles. The molecular weight excluding hydrogens is 227 g/mol. The van der Waals surface area contributed by atoms with E-state index in [0.717, 1.165) is 12.8 Å². The molecule has 0 aliphatic heterocycles. The maximum atomic E-state index is 11.7. The summed E-state index contributed by atoms with van der Waals surface area (Å²) in [6, 6.07) is 1.68. The van der Waals surface area contributed by atoms with Gasteiger partial charge in [-0.15, -0.1) is 11.3 Å². The minimum atomic E-state index is 0.213. The molecule has 0 atom stereocenters. The van der Waals surface area contributed by atoms with E-state index in [9.17, 15) is 4.79 Å². The minimum absolute atomic E-state index is 0.213. The van der Waals surface area contributed by atoms with Gasteiger partial charge >= 0.3 is 0 Å². The maximum Gasteiger partial charge on any atom is 0.175 e. The van der Waals surface area contributed by atoms with E-state index in [-0.39, 0.29) is 11.7 Å². The zero-order valence-electron chi connectivity index (χ0n) is 6.85. The molecule has 0 aromatic carbocycles. The molecule has 0 radical (unpaired) electrons. The number of carbonyl (C=O) groups is 1. The van der Waals surface area contributed by atoms with Crippen LogP contribution >= 0.6 is 34.5 Å². The average Bonchev–Trinajstić information content (AvgIpc) is 2.28. The van der Waals surface area contributed by atoms with Crippen LogP contribution in [0.3, 0.4) is 0 Å². The predicted molar refractivity (Wildman–Crippen MR) is 56.0 cm³/mol. The van der Waals surface area contributed by atoms with Crippen molar-refractivity contribution in [3.8, 4) is 0 Å². The van der Waals surface area contributed by atoms with Crippen molar-refractivity contribution in [1.82, 2.24) is 0 Å². The van der Waals surface area contributed by atoms with Crippen molar-refractivity contribution < 1.29 is 4.79 Å². The molecule has 1 aliphatic rings. The van der Waals surface area contributed by atoms with Gasteiger partial charge in [0.25, 0.3) is 0 Å². The molecule has 4 heteroatoms. The zero-order valence-corrected chi connectivity index (χ0v) is 9.18. The Hall–Kier alpha value is -0.0500. The molecule has 13 heavy (non-hydrogen) atoms. The molecule has 0 bridgehead atoms. The van der Waals surface area contributed by atoms with E-state index >= 15 is 0 Å². The summed E-state index contributed by atoms with van der Waals surface area (Å²) in [5.74, 6) is 0.441. The van der Waals surface area contributed by atoms with Gasteiger partial charge < -0.3 is 0 Å². The minimum Gasteiger partial charge on any atom is -0.293 e. The molecule has 0 saturated heterocycles. The Morgan fingerprint density at radius 3 is 2.54 bits per heavy atom. The number of ketones is 1. The quantitative estimate of drug-likeness (QED) is 0.707.